The van der Waals surface area contributed by atoms with Crippen molar-refractivity contribution in [3.63, 3.8) is 0 Å². The molecule has 0 aliphatic carbocycles. The van der Waals surface area contributed by atoms with Crippen LogP contribution in [0.15, 0.2) is 35.3 Å². The lowest BCUT2D eigenvalue weighted by molar-refractivity contribution is 0.204. The minimum atomic E-state index is 0.0390. The molecule has 0 atom stereocenters. The summed E-state index contributed by atoms with van der Waals surface area (Å²) in [4.78, 5) is 6.96. The van der Waals surface area contributed by atoms with Gasteiger partial charge in [0.2, 0.25) is 0 Å². The molecule has 0 heterocycles. The molecule has 0 aromatic heterocycles. The van der Waals surface area contributed by atoms with Crippen LogP contribution in [0.25, 0.3) is 0 Å². The van der Waals surface area contributed by atoms with Gasteiger partial charge in [-0.2, -0.15) is 0 Å². The van der Waals surface area contributed by atoms with E-state index in [-0.39, 0.29) is 11.0 Å². The van der Waals surface area contributed by atoms with Crippen molar-refractivity contribution in [3.8, 4) is 0 Å². The van der Waals surface area contributed by atoms with Crippen LogP contribution in [0, 0.1) is 0 Å². The van der Waals surface area contributed by atoms with E-state index in [1.165, 1.54) is 5.56 Å². The van der Waals surface area contributed by atoms with E-state index in [0.29, 0.717) is 0 Å². The zero-order valence-corrected chi connectivity index (χ0v) is 15.9. The molecular formula is C19H34N4. The van der Waals surface area contributed by atoms with Crippen molar-refractivity contribution in [2.75, 3.05) is 33.7 Å². The molecule has 1 aromatic rings. The molecule has 0 aliphatic heterocycles. The quantitative estimate of drug-likeness (QED) is 0.600. The summed E-state index contributed by atoms with van der Waals surface area (Å²) in [6.45, 7) is 13.5. The van der Waals surface area contributed by atoms with Crippen molar-refractivity contribution in [3.05, 3.63) is 35.9 Å². The molecule has 4 heteroatoms. The summed E-state index contributed by atoms with van der Waals surface area (Å²) >= 11 is 0. The smallest absolute Gasteiger partial charge is 0.191 e. The van der Waals surface area contributed by atoms with Gasteiger partial charge in [0.05, 0.1) is 6.54 Å². The molecule has 23 heavy (non-hydrogen) atoms. The predicted molar refractivity (Wildman–Crippen MR) is 101 cm³/mol. The van der Waals surface area contributed by atoms with Gasteiger partial charge < -0.3 is 15.5 Å². The van der Waals surface area contributed by atoms with Gasteiger partial charge in [-0.1, -0.05) is 44.2 Å². The maximum Gasteiger partial charge on any atom is 0.191 e. The first-order valence-electron chi connectivity index (χ1n) is 8.44. The molecule has 0 aliphatic rings. The van der Waals surface area contributed by atoms with E-state index in [0.717, 1.165) is 25.6 Å². The average Bonchev–Trinajstić information content (AvgIpc) is 2.51. The van der Waals surface area contributed by atoms with Crippen LogP contribution in [0.3, 0.4) is 0 Å². The van der Waals surface area contributed by atoms with Crippen molar-refractivity contribution in [1.82, 2.24) is 15.5 Å². The van der Waals surface area contributed by atoms with Crippen LogP contribution in [-0.2, 0) is 5.41 Å². The third-order valence-corrected chi connectivity index (χ3v) is 4.43. The van der Waals surface area contributed by atoms with E-state index in [4.69, 9.17) is 4.99 Å². The van der Waals surface area contributed by atoms with E-state index in [1.807, 2.05) is 0 Å². The number of nitrogens with one attached hydrogen (secondary N) is 2. The van der Waals surface area contributed by atoms with Gasteiger partial charge in [0.15, 0.2) is 5.96 Å². The van der Waals surface area contributed by atoms with Gasteiger partial charge in [-0.25, -0.2) is 0 Å². The number of aliphatic imine (C=N–C) groups is 1. The van der Waals surface area contributed by atoms with Crippen LogP contribution in [-0.4, -0.2) is 50.1 Å². The molecule has 1 rings (SSSR count). The standard InChI is InChI=1S/C19H34N4/c1-8-20-17(22-15-19(4,5)23(6)7)21-14-18(2,3)16-12-10-9-11-13-16/h9-13H,8,14-15H2,1-7H3,(H2,20,21,22). The highest BCUT2D eigenvalue weighted by molar-refractivity contribution is 5.79. The summed E-state index contributed by atoms with van der Waals surface area (Å²) in [5.41, 5.74) is 1.42. The molecule has 0 radical (unpaired) electrons. The lowest BCUT2D eigenvalue weighted by Crippen LogP contribution is -2.46. The van der Waals surface area contributed by atoms with Gasteiger partial charge in [-0.3, -0.25) is 4.99 Å². The maximum absolute atomic E-state index is 4.76. The molecular weight excluding hydrogens is 284 g/mol. The number of hydrogen-bond donors (Lipinski definition) is 2. The number of guanidine groups is 1. The molecule has 1 aromatic carbocycles. The van der Waals surface area contributed by atoms with Crippen molar-refractivity contribution in [1.29, 1.82) is 0 Å². The first kappa shape index (κ1) is 19.5. The molecule has 0 saturated carbocycles. The maximum atomic E-state index is 4.76. The summed E-state index contributed by atoms with van der Waals surface area (Å²) in [6.07, 6.45) is 0. The summed E-state index contributed by atoms with van der Waals surface area (Å²) in [5, 5.41) is 6.83. The topological polar surface area (TPSA) is 39.7 Å². The predicted octanol–water partition coefficient (Wildman–Crippen LogP) is 2.86. The van der Waals surface area contributed by atoms with Crippen molar-refractivity contribution >= 4 is 5.96 Å². The monoisotopic (exact) mass is 318 g/mol. The largest absolute Gasteiger partial charge is 0.357 e. The number of likely N-dealkylation sites (N-methyl/N-ethyl adjacent to an activating group) is 1. The molecule has 4 nitrogen and oxygen atoms in total. The molecule has 0 saturated heterocycles. The fourth-order valence-electron chi connectivity index (χ4n) is 2.05. The van der Waals surface area contributed by atoms with Crippen molar-refractivity contribution in [2.24, 2.45) is 4.99 Å². The lowest BCUT2D eigenvalue weighted by atomic mass is 9.85. The SMILES string of the molecule is CCNC(=NCC(C)(C)N(C)C)NCC(C)(C)c1ccccc1. The minimum absolute atomic E-state index is 0.0390. The van der Waals surface area contributed by atoms with Crippen LogP contribution in [0.2, 0.25) is 0 Å². The zero-order chi connectivity index (χ0) is 17.5. The Hall–Kier alpha value is -1.55. The lowest BCUT2D eigenvalue weighted by Gasteiger charge is -2.31. The molecule has 0 amide bonds. The Morgan fingerprint density at radius 3 is 2.17 bits per heavy atom. The van der Waals surface area contributed by atoms with Crippen LogP contribution in [0.5, 0.6) is 0 Å². The summed E-state index contributed by atoms with van der Waals surface area (Å²) in [5.74, 6) is 0.881. The second-order valence-corrected chi connectivity index (χ2v) is 7.51. The Morgan fingerprint density at radius 1 is 1.04 bits per heavy atom. The first-order chi connectivity index (χ1) is 10.7. The van der Waals surface area contributed by atoms with Gasteiger partial charge in [0.1, 0.15) is 0 Å². The Balaban J connectivity index is 2.73. The Labute approximate surface area is 142 Å². The number of rotatable bonds is 7. The van der Waals surface area contributed by atoms with E-state index in [9.17, 15) is 0 Å². The number of benzene rings is 1. The number of hydrogen-bond acceptors (Lipinski definition) is 2. The second-order valence-electron chi connectivity index (χ2n) is 7.51. The molecule has 2 N–H and O–H groups in total. The van der Waals surface area contributed by atoms with E-state index in [1.54, 1.807) is 0 Å². The van der Waals surface area contributed by atoms with E-state index >= 15 is 0 Å². The van der Waals surface area contributed by atoms with Crippen molar-refractivity contribution in [2.45, 2.75) is 45.6 Å². The van der Waals surface area contributed by atoms with Crippen molar-refractivity contribution < 1.29 is 0 Å². The molecule has 0 spiro atoms. The second kappa shape index (κ2) is 8.34. The number of nitrogens with zero attached hydrogens (tertiary/aromatic N) is 2. The van der Waals surface area contributed by atoms with Gasteiger partial charge >= 0.3 is 0 Å². The summed E-state index contributed by atoms with van der Waals surface area (Å²) in [6, 6.07) is 10.6. The van der Waals surface area contributed by atoms with Crippen LogP contribution < -0.4 is 10.6 Å². The van der Waals surface area contributed by atoms with Gasteiger partial charge in [0, 0.05) is 24.0 Å². The van der Waals surface area contributed by atoms with Gasteiger partial charge in [0.25, 0.3) is 0 Å². The Kier molecular flexibility index (Phi) is 7.07. The average molecular weight is 319 g/mol. The first-order valence-corrected chi connectivity index (χ1v) is 8.44. The normalized spacial score (nSPS) is 13.3. The van der Waals surface area contributed by atoms with E-state index < -0.39 is 0 Å². The van der Waals surface area contributed by atoms with Crippen LogP contribution >= 0.6 is 0 Å². The summed E-state index contributed by atoms with van der Waals surface area (Å²) in [7, 11) is 4.18. The summed E-state index contributed by atoms with van der Waals surface area (Å²) < 4.78 is 0. The zero-order valence-electron chi connectivity index (χ0n) is 15.9. The fourth-order valence-corrected chi connectivity index (χ4v) is 2.05. The minimum Gasteiger partial charge on any atom is -0.357 e. The highest BCUT2D eigenvalue weighted by Gasteiger charge is 2.22. The fraction of sp³-hybridized carbons (Fsp3) is 0.632. The molecule has 130 valence electrons. The van der Waals surface area contributed by atoms with E-state index in [2.05, 4.69) is 94.6 Å². The Bertz CT molecular complexity index is 489. The Morgan fingerprint density at radius 2 is 1.65 bits per heavy atom. The van der Waals surface area contributed by atoms with Crippen LogP contribution in [0.1, 0.15) is 40.2 Å². The third kappa shape index (κ3) is 6.22. The highest BCUT2D eigenvalue weighted by atomic mass is 15.2. The molecule has 0 bridgehead atoms. The molecule has 0 unspecified atom stereocenters. The molecule has 0 fully saturated rings. The van der Waals surface area contributed by atoms with Gasteiger partial charge in [-0.15, -0.1) is 0 Å². The van der Waals surface area contributed by atoms with Crippen LogP contribution in [0.4, 0.5) is 0 Å². The third-order valence-electron chi connectivity index (χ3n) is 4.43. The van der Waals surface area contributed by atoms with Gasteiger partial charge in [-0.05, 0) is 40.4 Å². The highest BCUT2D eigenvalue weighted by Crippen LogP contribution is 2.21.